The summed E-state index contributed by atoms with van der Waals surface area (Å²) in [6.07, 6.45) is -0.856. The molecule has 1 aliphatic heterocycles. The number of ketones is 1. The van der Waals surface area contributed by atoms with Crippen LogP contribution in [0.3, 0.4) is 0 Å². The summed E-state index contributed by atoms with van der Waals surface area (Å²) >= 11 is 0. The second-order valence-electron chi connectivity index (χ2n) is 6.77. The van der Waals surface area contributed by atoms with E-state index >= 15 is 0 Å². The number of aryl methyl sites for hydroxylation is 1. The minimum absolute atomic E-state index is 0.0134. The minimum atomic E-state index is -0.856. The fourth-order valence-corrected chi connectivity index (χ4v) is 3.02. The molecule has 1 fully saturated rings. The van der Waals surface area contributed by atoms with E-state index in [0.717, 1.165) is 30.8 Å². The van der Waals surface area contributed by atoms with Gasteiger partial charge in [0.15, 0.2) is 12.4 Å². The van der Waals surface area contributed by atoms with Crippen LogP contribution in [0.4, 0.5) is 4.79 Å². The molecule has 27 heavy (non-hydrogen) atoms. The monoisotopic (exact) mass is 368 g/mol. The van der Waals surface area contributed by atoms with Crippen LogP contribution < -0.4 is 4.74 Å². The zero-order valence-corrected chi connectivity index (χ0v) is 15.4. The zero-order chi connectivity index (χ0) is 19.2. The number of rotatable bonds is 6. The van der Waals surface area contributed by atoms with Crippen molar-refractivity contribution < 1.29 is 19.4 Å². The normalized spacial score (nSPS) is 14.8. The van der Waals surface area contributed by atoms with Gasteiger partial charge in [-0.05, 0) is 24.6 Å². The van der Waals surface area contributed by atoms with Gasteiger partial charge in [-0.1, -0.05) is 42.0 Å². The molecule has 6 heteroatoms. The van der Waals surface area contributed by atoms with Crippen LogP contribution in [0.1, 0.15) is 21.5 Å². The van der Waals surface area contributed by atoms with Gasteiger partial charge in [0.1, 0.15) is 5.75 Å². The number of carbonyl (C=O) groups is 2. The number of carbonyl (C=O) groups excluding carboxylic acids is 1. The maximum Gasteiger partial charge on any atom is 0.407 e. The van der Waals surface area contributed by atoms with Crippen LogP contribution in [-0.4, -0.2) is 59.6 Å². The number of hydrogen-bond acceptors (Lipinski definition) is 4. The average Bonchev–Trinajstić information content (AvgIpc) is 2.68. The quantitative estimate of drug-likeness (QED) is 0.794. The Kier molecular flexibility index (Phi) is 6.08. The fraction of sp³-hybridized carbons (Fsp3) is 0.333. The molecule has 6 nitrogen and oxygen atoms in total. The second-order valence-corrected chi connectivity index (χ2v) is 6.77. The summed E-state index contributed by atoms with van der Waals surface area (Å²) in [5, 5.41) is 8.99. The van der Waals surface area contributed by atoms with Crippen LogP contribution >= 0.6 is 0 Å². The second kappa shape index (κ2) is 8.68. The highest BCUT2D eigenvalue weighted by Crippen LogP contribution is 2.14. The van der Waals surface area contributed by atoms with Crippen molar-refractivity contribution in [3.8, 4) is 5.75 Å². The fourth-order valence-electron chi connectivity index (χ4n) is 3.02. The number of Topliss-reactive ketones (excluding diaryl/α,β-unsaturated/α-hetero) is 1. The van der Waals surface area contributed by atoms with Crippen molar-refractivity contribution in [2.45, 2.75) is 13.5 Å². The van der Waals surface area contributed by atoms with E-state index in [0.29, 0.717) is 24.4 Å². The van der Waals surface area contributed by atoms with Crippen molar-refractivity contribution in [2.24, 2.45) is 0 Å². The van der Waals surface area contributed by atoms with Gasteiger partial charge in [0.05, 0.1) is 0 Å². The van der Waals surface area contributed by atoms with Crippen molar-refractivity contribution in [1.29, 1.82) is 0 Å². The van der Waals surface area contributed by atoms with E-state index in [1.807, 2.05) is 55.5 Å². The topological polar surface area (TPSA) is 70.1 Å². The standard InChI is InChI=1S/C21H24N2O4/c1-16-2-8-19(9-3-16)27-15-20(24)18-6-4-17(5-7-18)14-22-10-12-23(13-11-22)21(25)26/h2-9H,10-15H2,1H3,(H,25,26). The molecule has 3 rings (SSSR count). The van der Waals surface area contributed by atoms with Crippen molar-refractivity contribution in [1.82, 2.24) is 9.80 Å². The smallest absolute Gasteiger partial charge is 0.407 e. The number of ether oxygens (including phenoxy) is 1. The Hall–Kier alpha value is -2.86. The molecule has 0 saturated carbocycles. The first kappa shape index (κ1) is 18.9. The molecule has 0 atom stereocenters. The summed E-state index contributed by atoms with van der Waals surface area (Å²) in [5.41, 5.74) is 2.88. The number of hydrogen-bond donors (Lipinski definition) is 1. The molecular weight excluding hydrogens is 344 g/mol. The molecule has 2 aromatic rings. The van der Waals surface area contributed by atoms with E-state index in [-0.39, 0.29) is 12.4 Å². The van der Waals surface area contributed by atoms with E-state index in [2.05, 4.69) is 4.90 Å². The first-order valence-electron chi connectivity index (χ1n) is 9.03. The Morgan fingerprint density at radius 2 is 1.59 bits per heavy atom. The molecule has 0 aromatic heterocycles. The summed E-state index contributed by atoms with van der Waals surface area (Å²) in [5.74, 6) is 0.628. The third-order valence-corrected chi connectivity index (χ3v) is 4.72. The number of piperazine rings is 1. The third kappa shape index (κ3) is 5.31. The van der Waals surface area contributed by atoms with Crippen LogP contribution in [0.2, 0.25) is 0 Å². The predicted octanol–water partition coefficient (Wildman–Crippen LogP) is 3.05. The molecule has 0 bridgehead atoms. The maximum atomic E-state index is 12.3. The summed E-state index contributed by atoms with van der Waals surface area (Å²) in [7, 11) is 0. The van der Waals surface area contributed by atoms with Gasteiger partial charge in [0.2, 0.25) is 0 Å². The minimum Gasteiger partial charge on any atom is -0.485 e. The molecule has 1 heterocycles. The van der Waals surface area contributed by atoms with E-state index in [1.165, 1.54) is 4.90 Å². The molecule has 1 amide bonds. The Balaban J connectivity index is 1.48. The third-order valence-electron chi connectivity index (χ3n) is 4.72. The SMILES string of the molecule is Cc1ccc(OCC(=O)c2ccc(CN3CCN(C(=O)O)CC3)cc2)cc1. The van der Waals surface area contributed by atoms with Gasteiger partial charge in [-0.15, -0.1) is 0 Å². The van der Waals surface area contributed by atoms with E-state index < -0.39 is 6.09 Å². The molecular formula is C21H24N2O4. The maximum absolute atomic E-state index is 12.3. The Bertz CT molecular complexity index is 779. The lowest BCUT2D eigenvalue weighted by Crippen LogP contribution is -2.47. The molecule has 1 N–H and O–H groups in total. The molecule has 0 aliphatic carbocycles. The lowest BCUT2D eigenvalue weighted by atomic mass is 10.1. The van der Waals surface area contributed by atoms with Crippen molar-refractivity contribution in [2.75, 3.05) is 32.8 Å². The van der Waals surface area contributed by atoms with E-state index in [1.54, 1.807) is 0 Å². The van der Waals surface area contributed by atoms with Gasteiger partial charge >= 0.3 is 6.09 Å². The summed E-state index contributed by atoms with van der Waals surface area (Å²) in [4.78, 5) is 26.9. The molecule has 2 aromatic carbocycles. The van der Waals surface area contributed by atoms with Crippen LogP contribution in [0.25, 0.3) is 0 Å². The molecule has 1 saturated heterocycles. The van der Waals surface area contributed by atoms with Crippen molar-refractivity contribution in [3.05, 3.63) is 65.2 Å². The van der Waals surface area contributed by atoms with Crippen molar-refractivity contribution in [3.63, 3.8) is 0 Å². The van der Waals surface area contributed by atoms with Crippen LogP contribution in [0.5, 0.6) is 5.75 Å². The lowest BCUT2D eigenvalue weighted by Gasteiger charge is -2.33. The summed E-state index contributed by atoms with van der Waals surface area (Å²) in [6, 6.07) is 15.2. The molecule has 0 unspecified atom stereocenters. The largest absolute Gasteiger partial charge is 0.485 e. The molecule has 0 spiro atoms. The number of nitrogens with zero attached hydrogens (tertiary/aromatic N) is 2. The van der Waals surface area contributed by atoms with E-state index in [9.17, 15) is 9.59 Å². The van der Waals surface area contributed by atoms with Gasteiger partial charge < -0.3 is 14.7 Å². The highest BCUT2D eigenvalue weighted by molar-refractivity contribution is 5.97. The van der Waals surface area contributed by atoms with Gasteiger partial charge in [-0.25, -0.2) is 4.79 Å². The average molecular weight is 368 g/mol. The number of amides is 1. The summed E-state index contributed by atoms with van der Waals surface area (Å²) < 4.78 is 5.55. The first-order chi connectivity index (χ1) is 13.0. The number of benzene rings is 2. The Morgan fingerprint density at radius 3 is 2.19 bits per heavy atom. The van der Waals surface area contributed by atoms with Gasteiger partial charge in [-0.3, -0.25) is 9.69 Å². The Morgan fingerprint density at radius 1 is 0.963 bits per heavy atom. The first-order valence-corrected chi connectivity index (χ1v) is 9.03. The zero-order valence-electron chi connectivity index (χ0n) is 15.4. The molecule has 142 valence electrons. The van der Waals surface area contributed by atoms with Gasteiger partial charge in [0.25, 0.3) is 0 Å². The van der Waals surface area contributed by atoms with Crippen LogP contribution in [0, 0.1) is 6.92 Å². The summed E-state index contributed by atoms with van der Waals surface area (Å²) in [6.45, 7) is 5.27. The molecule has 0 radical (unpaired) electrons. The number of carboxylic acid groups (broad SMARTS) is 1. The lowest BCUT2D eigenvalue weighted by molar-refractivity contribution is 0.0921. The Labute approximate surface area is 159 Å². The predicted molar refractivity (Wildman–Crippen MR) is 102 cm³/mol. The van der Waals surface area contributed by atoms with Crippen LogP contribution in [0.15, 0.2) is 48.5 Å². The van der Waals surface area contributed by atoms with Gasteiger partial charge in [-0.2, -0.15) is 0 Å². The van der Waals surface area contributed by atoms with Crippen molar-refractivity contribution >= 4 is 11.9 Å². The molecule has 1 aliphatic rings. The van der Waals surface area contributed by atoms with Crippen LogP contribution in [-0.2, 0) is 6.54 Å². The highest BCUT2D eigenvalue weighted by Gasteiger charge is 2.20. The highest BCUT2D eigenvalue weighted by atomic mass is 16.5. The van der Waals surface area contributed by atoms with E-state index in [4.69, 9.17) is 9.84 Å². The van der Waals surface area contributed by atoms with Gasteiger partial charge in [0, 0.05) is 38.3 Å².